The van der Waals surface area contributed by atoms with E-state index in [-0.39, 0.29) is 11.5 Å². The number of nitriles is 1. The van der Waals surface area contributed by atoms with Crippen molar-refractivity contribution in [2.24, 2.45) is 0 Å². The van der Waals surface area contributed by atoms with Gasteiger partial charge >= 0.3 is 0 Å². The minimum atomic E-state index is -0.239. The Morgan fingerprint density at radius 2 is 1.85 bits per heavy atom. The van der Waals surface area contributed by atoms with E-state index in [4.69, 9.17) is 5.26 Å². The molecular weight excluding hydrogens is 428 g/mol. The lowest BCUT2D eigenvalue weighted by atomic mass is 10.0. The smallest absolute Gasteiger partial charge is 0.280 e. The number of amides is 1. The lowest BCUT2D eigenvalue weighted by Gasteiger charge is -2.38. The molecule has 34 heavy (non-hydrogen) atoms. The average Bonchev–Trinajstić information content (AvgIpc) is 3.25. The first kappa shape index (κ1) is 23.5. The topological polar surface area (TPSA) is 98.0 Å². The van der Waals surface area contributed by atoms with Crippen LogP contribution in [0.1, 0.15) is 48.2 Å². The molecule has 1 aliphatic heterocycles. The number of piperazine rings is 1. The van der Waals surface area contributed by atoms with Crippen molar-refractivity contribution in [3.8, 4) is 23.0 Å². The van der Waals surface area contributed by atoms with E-state index in [0.29, 0.717) is 41.6 Å². The summed E-state index contributed by atoms with van der Waals surface area (Å²) in [6, 6.07) is 11.3. The zero-order valence-corrected chi connectivity index (χ0v) is 19.9. The lowest BCUT2D eigenvalue weighted by molar-refractivity contribution is 0.0559. The Morgan fingerprint density at radius 3 is 2.44 bits per heavy atom. The van der Waals surface area contributed by atoms with Crippen molar-refractivity contribution in [3.63, 3.8) is 0 Å². The number of aromatic nitrogens is 3. The molecule has 1 N–H and O–H groups in total. The van der Waals surface area contributed by atoms with Gasteiger partial charge in [-0.15, -0.1) is 0 Å². The van der Waals surface area contributed by atoms with Crippen LogP contribution in [0.2, 0.25) is 0 Å². The molecule has 3 heterocycles. The zero-order valence-electron chi connectivity index (χ0n) is 19.9. The van der Waals surface area contributed by atoms with Gasteiger partial charge in [0, 0.05) is 44.6 Å². The predicted octanol–water partition coefficient (Wildman–Crippen LogP) is 3.35. The minimum Gasteiger partial charge on any atom is -0.336 e. The fourth-order valence-corrected chi connectivity index (χ4v) is 4.69. The molecule has 0 saturated carbocycles. The maximum Gasteiger partial charge on any atom is 0.280 e. The van der Waals surface area contributed by atoms with E-state index in [2.05, 4.69) is 34.9 Å². The van der Waals surface area contributed by atoms with Crippen LogP contribution in [0.15, 0.2) is 47.5 Å². The minimum absolute atomic E-state index is 0.0315. The number of aromatic amines is 1. The lowest BCUT2D eigenvalue weighted by Crippen LogP contribution is -2.51. The molecule has 176 valence electrons. The van der Waals surface area contributed by atoms with Gasteiger partial charge in [0.15, 0.2) is 5.82 Å². The third-order valence-corrected chi connectivity index (χ3v) is 6.70. The maximum atomic E-state index is 13.0. The zero-order chi connectivity index (χ0) is 24.2. The second-order valence-corrected chi connectivity index (χ2v) is 8.67. The van der Waals surface area contributed by atoms with E-state index in [9.17, 15) is 9.59 Å². The van der Waals surface area contributed by atoms with Crippen LogP contribution < -0.4 is 5.56 Å². The Labute approximate surface area is 199 Å². The number of H-pyrrole nitrogens is 1. The van der Waals surface area contributed by atoms with Crippen LogP contribution in [-0.4, -0.2) is 62.7 Å². The van der Waals surface area contributed by atoms with Crippen molar-refractivity contribution in [1.29, 1.82) is 5.26 Å². The fourth-order valence-electron chi connectivity index (χ4n) is 4.69. The second kappa shape index (κ2) is 10.1. The molecule has 1 aromatic carbocycles. The van der Waals surface area contributed by atoms with E-state index < -0.39 is 0 Å². The van der Waals surface area contributed by atoms with Crippen LogP contribution in [0.25, 0.3) is 16.9 Å². The summed E-state index contributed by atoms with van der Waals surface area (Å²) >= 11 is 0. The van der Waals surface area contributed by atoms with Gasteiger partial charge in [-0.05, 0) is 55.2 Å². The Bertz CT molecular complexity index is 1260. The van der Waals surface area contributed by atoms with Gasteiger partial charge in [-0.2, -0.15) is 5.26 Å². The molecule has 8 heteroatoms. The standard InChI is InChI=1S/C26H30N6O2/c1-4-21(5-2)30-10-12-31(13-11-30)25(33)20-7-9-24(28-16-20)32-26(34)23(17-29-32)22-8-6-19(15-27)14-18(22)3/h6-9,14,16-17,21,29H,4-5,10-13H2,1-3H3. The van der Waals surface area contributed by atoms with Gasteiger partial charge in [0.2, 0.25) is 0 Å². The van der Waals surface area contributed by atoms with E-state index in [1.165, 1.54) is 10.9 Å². The van der Waals surface area contributed by atoms with Crippen molar-refractivity contribution < 1.29 is 4.79 Å². The number of rotatable bonds is 6. The van der Waals surface area contributed by atoms with Crippen molar-refractivity contribution in [2.75, 3.05) is 26.2 Å². The molecule has 3 aromatic rings. The highest BCUT2D eigenvalue weighted by atomic mass is 16.2. The van der Waals surface area contributed by atoms with Crippen LogP contribution >= 0.6 is 0 Å². The molecule has 4 rings (SSSR count). The summed E-state index contributed by atoms with van der Waals surface area (Å²) in [5.41, 5.74) is 2.94. The number of hydrogen-bond acceptors (Lipinski definition) is 5. The molecule has 0 atom stereocenters. The van der Waals surface area contributed by atoms with Gasteiger partial charge in [0.05, 0.1) is 22.8 Å². The molecule has 1 fully saturated rings. The molecule has 8 nitrogen and oxygen atoms in total. The van der Waals surface area contributed by atoms with Crippen LogP contribution in [-0.2, 0) is 0 Å². The molecule has 0 aliphatic carbocycles. The number of pyridine rings is 1. The normalized spacial score (nSPS) is 14.4. The summed E-state index contributed by atoms with van der Waals surface area (Å²) in [4.78, 5) is 34.7. The average molecular weight is 459 g/mol. The highest BCUT2D eigenvalue weighted by Gasteiger charge is 2.25. The molecule has 1 amide bonds. The second-order valence-electron chi connectivity index (χ2n) is 8.67. The van der Waals surface area contributed by atoms with Crippen LogP contribution in [0, 0.1) is 18.3 Å². The molecule has 0 bridgehead atoms. The molecule has 2 aromatic heterocycles. The number of hydrogen-bond donors (Lipinski definition) is 1. The predicted molar refractivity (Wildman–Crippen MR) is 131 cm³/mol. The van der Waals surface area contributed by atoms with Gasteiger partial charge in [-0.1, -0.05) is 19.9 Å². The van der Waals surface area contributed by atoms with Crippen LogP contribution in [0.5, 0.6) is 0 Å². The fraction of sp³-hybridized carbons (Fsp3) is 0.385. The molecule has 0 spiro atoms. The summed E-state index contributed by atoms with van der Waals surface area (Å²) < 4.78 is 1.36. The first-order chi connectivity index (χ1) is 16.5. The van der Waals surface area contributed by atoms with Gasteiger partial charge in [0.1, 0.15) is 0 Å². The number of nitrogens with zero attached hydrogens (tertiary/aromatic N) is 5. The van der Waals surface area contributed by atoms with Gasteiger partial charge < -0.3 is 4.90 Å². The van der Waals surface area contributed by atoms with Crippen molar-refractivity contribution in [3.05, 3.63) is 69.8 Å². The van der Waals surface area contributed by atoms with Crippen LogP contribution in [0.3, 0.4) is 0 Å². The largest absolute Gasteiger partial charge is 0.336 e. The molecule has 0 radical (unpaired) electrons. The monoisotopic (exact) mass is 458 g/mol. The number of carbonyl (C=O) groups excluding carboxylic acids is 1. The third-order valence-electron chi connectivity index (χ3n) is 6.70. The first-order valence-electron chi connectivity index (χ1n) is 11.8. The molecule has 0 unspecified atom stereocenters. The van der Waals surface area contributed by atoms with E-state index in [1.54, 1.807) is 36.5 Å². The SMILES string of the molecule is CCC(CC)N1CCN(C(=O)c2ccc(-n3[nH]cc(-c4ccc(C#N)cc4C)c3=O)nc2)CC1. The van der Waals surface area contributed by atoms with Crippen molar-refractivity contribution in [1.82, 2.24) is 24.6 Å². The third kappa shape index (κ3) is 4.52. The Balaban J connectivity index is 1.48. The summed E-state index contributed by atoms with van der Waals surface area (Å²) in [5.74, 6) is 0.383. The Morgan fingerprint density at radius 1 is 1.12 bits per heavy atom. The Kier molecular flexibility index (Phi) is 6.94. The van der Waals surface area contributed by atoms with Gasteiger partial charge in [-0.25, -0.2) is 9.67 Å². The van der Waals surface area contributed by atoms with Crippen molar-refractivity contribution >= 4 is 5.91 Å². The maximum absolute atomic E-state index is 13.0. The van der Waals surface area contributed by atoms with E-state index in [1.807, 2.05) is 11.8 Å². The first-order valence-corrected chi connectivity index (χ1v) is 11.8. The van der Waals surface area contributed by atoms with E-state index >= 15 is 0 Å². The molecule has 1 saturated heterocycles. The van der Waals surface area contributed by atoms with E-state index in [0.717, 1.165) is 37.1 Å². The molecular formula is C26H30N6O2. The number of benzene rings is 1. The summed E-state index contributed by atoms with van der Waals surface area (Å²) in [5, 5.41) is 12.0. The molecule has 1 aliphatic rings. The summed E-state index contributed by atoms with van der Waals surface area (Å²) in [6.07, 6.45) is 5.42. The van der Waals surface area contributed by atoms with Gasteiger partial charge in [0.25, 0.3) is 11.5 Å². The number of aryl methyl sites for hydroxylation is 1. The number of carbonyl (C=O) groups is 1. The quantitative estimate of drug-likeness (QED) is 0.611. The van der Waals surface area contributed by atoms with Crippen LogP contribution in [0.4, 0.5) is 0 Å². The van der Waals surface area contributed by atoms with Gasteiger partial charge in [-0.3, -0.25) is 19.6 Å². The highest BCUT2D eigenvalue weighted by Crippen LogP contribution is 2.21. The summed E-state index contributed by atoms with van der Waals surface area (Å²) in [7, 11) is 0. The summed E-state index contributed by atoms with van der Waals surface area (Å²) in [6.45, 7) is 9.49. The Hall–Kier alpha value is -3.70. The van der Waals surface area contributed by atoms with Crippen molar-refractivity contribution in [2.45, 2.75) is 39.7 Å². The highest BCUT2D eigenvalue weighted by molar-refractivity contribution is 5.94. The number of nitrogens with one attached hydrogen (secondary N) is 1.